The molecule has 1 aromatic heterocycles. The van der Waals surface area contributed by atoms with Crippen LogP contribution in [-0.4, -0.2) is 14.5 Å². The molecule has 5 nitrogen and oxygen atoms in total. The molecule has 0 bridgehead atoms. The van der Waals surface area contributed by atoms with E-state index in [-0.39, 0.29) is 16.6 Å². The highest BCUT2D eigenvalue weighted by atomic mass is 32.2. The Balaban J connectivity index is 2.16. The van der Waals surface area contributed by atoms with Crippen molar-refractivity contribution in [3.05, 3.63) is 46.2 Å². The number of hydrogen-bond acceptors (Lipinski definition) is 5. The topological polar surface area (TPSA) is 96.0 Å². The zero-order chi connectivity index (χ0) is 15.5. The van der Waals surface area contributed by atoms with Gasteiger partial charge in [-0.05, 0) is 43.0 Å². The smallest absolute Gasteiger partial charge is 0.242 e. The molecule has 2 aromatic rings. The van der Waals surface area contributed by atoms with E-state index < -0.39 is 10.0 Å². The van der Waals surface area contributed by atoms with Gasteiger partial charge in [0.2, 0.25) is 10.0 Å². The van der Waals surface area contributed by atoms with E-state index in [1.54, 1.807) is 18.3 Å². The third-order valence-electron chi connectivity index (χ3n) is 2.87. The molecule has 0 aliphatic heterocycles. The highest BCUT2D eigenvalue weighted by Crippen LogP contribution is 2.20. The summed E-state index contributed by atoms with van der Waals surface area (Å²) in [6.07, 6.45) is 0.618. The Morgan fingerprint density at radius 3 is 2.76 bits per heavy atom. The molecule has 1 atom stereocenters. The van der Waals surface area contributed by atoms with Crippen molar-refractivity contribution in [2.45, 2.75) is 24.3 Å². The summed E-state index contributed by atoms with van der Waals surface area (Å²) in [5, 5.41) is 10.7. The van der Waals surface area contributed by atoms with Gasteiger partial charge in [0.1, 0.15) is 4.90 Å². The van der Waals surface area contributed by atoms with Crippen LogP contribution in [0.5, 0.6) is 0 Å². The number of rotatable bonds is 5. The lowest BCUT2D eigenvalue weighted by molar-refractivity contribution is 0.561. The van der Waals surface area contributed by atoms with Crippen LogP contribution in [0.15, 0.2) is 40.6 Å². The van der Waals surface area contributed by atoms with Gasteiger partial charge in [-0.25, -0.2) is 13.1 Å². The zero-order valence-electron chi connectivity index (χ0n) is 11.4. The normalized spacial score (nSPS) is 12.8. The molecule has 0 aliphatic carbocycles. The molecule has 0 saturated carbocycles. The lowest BCUT2D eigenvalue weighted by atomic mass is 10.2. The number of nitrogens with two attached hydrogens (primary N) is 1. The predicted octanol–water partition coefficient (Wildman–Crippen LogP) is 2.11. The van der Waals surface area contributed by atoms with Gasteiger partial charge in [0.05, 0.1) is 17.3 Å². The first kappa shape index (κ1) is 15.5. The fourth-order valence-corrected chi connectivity index (χ4v) is 4.15. The fourth-order valence-electron chi connectivity index (χ4n) is 1.96. The highest BCUT2D eigenvalue weighted by molar-refractivity contribution is 7.89. The maximum atomic E-state index is 12.3. The van der Waals surface area contributed by atoms with Gasteiger partial charge >= 0.3 is 0 Å². The number of hydrogen-bond donors (Lipinski definition) is 2. The van der Waals surface area contributed by atoms with Crippen LogP contribution in [0.4, 0.5) is 5.69 Å². The standard InChI is InChI=1S/C14H15N3O2S2/c1-10(7-12-3-2-6-20-12)17-21(18,19)14-5-4-11(9-15)8-13(14)16/h2-6,8,10,17H,7,16H2,1H3. The molecule has 21 heavy (non-hydrogen) atoms. The molecule has 1 heterocycles. The van der Waals surface area contributed by atoms with Crippen LogP contribution in [-0.2, 0) is 16.4 Å². The number of nitrogens with one attached hydrogen (secondary N) is 1. The Labute approximate surface area is 128 Å². The Kier molecular flexibility index (Phi) is 4.63. The van der Waals surface area contributed by atoms with Gasteiger partial charge < -0.3 is 5.73 Å². The lowest BCUT2D eigenvalue weighted by Crippen LogP contribution is -2.34. The summed E-state index contributed by atoms with van der Waals surface area (Å²) < 4.78 is 27.2. The first-order valence-electron chi connectivity index (χ1n) is 6.26. The first-order valence-corrected chi connectivity index (χ1v) is 8.63. The number of thiophene rings is 1. The van der Waals surface area contributed by atoms with Crippen molar-refractivity contribution >= 4 is 27.0 Å². The molecule has 2 rings (SSSR count). The van der Waals surface area contributed by atoms with E-state index in [1.165, 1.54) is 18.2 Å². The summed E-state index contributed by atoms with van der Waals surface area (Å²) in [6, 6.07) is 9.72. The summed E-state index contributed by atoms with van der Waals surface area (Å²) in [7, 11) is -3.70. The van der Waals surface area contributed by atoms with E-state index >= 15 is 0 Å². The summed E-state index contributed by atoms with van der Waals surface area (Å²) >= 11 is 1.59. The molecule has 3 N–H and O–H groups in total. The Hall–Kier alpha value is -1.88. The monoisotopic (exact) mass is 321 g/mol. The van der Waals surface area contributed by atoms with Crippen molar-refractivity contribution in [3.8, 4) is 6.07 Å². The van der Waals surface area contributed by atoms with Crippen molar-refractivity contribution in [3.63, 3.8) is 0 Å². The minimum Gasteiger partial charge on any atom is -0.398 e. The largest absolute Gasteiger partial charge is 0.398 e. The molecule has 0 fully saturated rings. The summed E-state index contributed by atoms with van der Waals surface area (Å²) in [6.45, 7) is 1.80. The molecule has 1 unspecified atom stereocenters. The average molecular weight is 321 g/mol. The van der Waals surface area contributed by atoms with Gasteiger partial charge in [0, 0.05) is 10.9 Å². The van der Waals surface area contributed by atoms with Crippen LogP contribution in [0.1, 0.15) is 17.4 Å². The van der Waals surface area contributed by atoms with Gasteiger partial charge in [0.25, 0.3) is 0 Å². The summed E-state index contributed by atoms with van der Waals surface area (Å²) in [4.78, 5) is 1.11. The van der Waals surface area contributed by atoms with Crippen LogP contribution in [0.25, 0.3) is 0 Å². The molecular formula is C14H15N3O2S2. The first-order chi connectivity index (χ1) is 9.92. The number of nitrogen functional groups attached to an aromatic ring is 1. The molecular weight excluding hydrogens is 306 g/mol. The van der Waals surface area contributed by atoms with Gasteiger partial charge in [-0.2, -0.15) is 5.26 Å². The molecule has 0 radical (unpaired) electrons. The highest BCUT2D eigenvalue weighted by Gasteiger charge is 2.20. The van der Waals surface area contributed by atoms with E-state index in [0.717, 1.165) is 4.88 Å². The maximum absolute atomic E-state index is 12.3. The minimum absolute atomic E-state index is 0.000436. The maximum Gasteiger partial charge on any atom is 0.242 e. The molecule has 7 heteroatoms. The molecule has 110 valence electrons. The minimum atomic E-state index is -3.70. The van der Waals surface area contributed by atoms with Gasteiger partial charge in [-0.3, -0.25) is 0 Å². The van der Waals surface area contributed by atoms with Gasteiger partial charge in [-0.1, -0.05) is 6.07 Å². The number of anilines is 1. The van der Waals surface area contributed by atoms with Gasteiger partial charge in [-0.15, -0.1) is 11.3 Å². The van der Waals surface area contributed by atoms with E-state index in [0.29, 0.717) is 12.0 Å². The van der Waals surface area contributed by atoms with Crippen LogP contribution in [0, 0.1) is 11.3 Å². The van der Waals surface area contributed by atoms with Crippen LogP contribution in [0.3, 0.4) is 0 Å². The summed E-state index contributed by atoms with van der Waals surface area (Å²) in [5.74, 6) is 0. The third-order valence-corrected chi connectivity index (χ3v) is 5.43. The number of sulfonamides is 1. The quantitative estimate of drug-likeness (QED) is 0.824. The van der Waals surface area contributed by atoms with Crippen molar-refractivity contribution in [1.29, 1.82) is 5.26 Å². The van der Waals surface area contributed by atoms with Gasteiger partial charge in [0.15, 0.2) is 0 Å². The molecule has 0 aliphatic rings. The van der Waals surface area contributed by atoms with Crippen molar-refractivity contribution in [2.24, 2.45) is 0 Å². The predicted molar refractivity (Wildman–Crippen MR) is 83.4 cm³/mol. The van der Waals surface area contributed by atoms with Crippen LogP contribution < -0.4 is 10.5 Å². The third kappa shape index (κ3) is 3.82. The van der Waals surface area contributed by atoms with Crippen molar-refractivity contribution < 1.29 is 8.42 Å². The molecule has 0 saturated heterocycles. The van der Waals surface area contributed by atoms with Crippen LogP contribution in [0.2, 0.25) is 0 Å². The average Bonchev–Trinajstić information content (AvgIpc) is 2.90. The SMILES string of the molecule is CC(Cc1cccs1)NS(=O)(=O)c1ccc(C#N)cc1N. The molecule has 1 aromatic carbocycles. The van der Waals surface area contributed by atoms with E-state index in [2.05, 4.69) is 4.72 Å². The number of benzene rings is 1. The Morgan fingerprint density at radius 1 is 1.43 bits per heavy atom. The fraction of sp³-hybridized carbons (Fsp3) is 0.214. The number of nitrogens with zero attached hydrogens (tertiary/aromatic N) is 1. The van der Waals surface area contributed by atoms with Crippen molar-refractivity contribution in [1.82, 2.24) is 4.72 Å². The van der Waals surface area contributed by atoms with Crippen LogP contribution >= 0.6 is 11.3 Å². The second kappa shape index (κ2) is 6.26. The molecule has 0 amide bonds. The zero-order valence-corrected chi connectivity index (χ0v) is 13.0. The van der Waals surface area contributed by atoms with E-state index in [1.807, 2.05) is 23.6 Å². The van der Waals surface area contributed by atoms with Crippen molar-refractivity contribution in [2.75, 3.05) is 5.73 Å². The summed E-state index contributed by atoms with van der Waals surface area (Å²) in [5.41, 5.74) is 6.13. The second-order valence-electron chi connectivity index (χ2n) is 4.67. The lowest BCUT2D eigenvalue weighted by Gasteiger charge is -2.14. The molecule has 0 spiro atoms. The second-order valence-corrected chi connectivity index (χ2v) is 7.38. The van der Waals surface area contributed by atoms with E-state index in [9.17, 15) is 8.42 Å². The Bertz CT molecular complexity index is 762. The van der Waals surface area contributed by atoms with E-state index in [4.69, 9.17) is 11.0 Å². The number of nitriles is 1. The Morgan fingerprint density at radius 2 is 2.19 bits per heavy atom.